The molecule has 0 saturated heterocycles. The number of hydrogen-bond acceptors (Lipinski definition) is 3. The maximum Gasteiger partial charge on any atom is 0.407 e. The molecule has 2 N–H and O–H groups in total. The summed E-state index contributed by atoms with van der Waals surface area (Å²) in [5.74, 6) is 0.679. The van der Waals surface area contributed by atoms with Crippen LogP contribution in [0.25, 0.3) is 0 Å². The molecule has 1 atom stereocenters. The molecular formula is C14H28N2O2. The van der Waals surface area contributed by atoms with Gasteiger partial charge in [0.25, 0.3) is 0 Å². The predicted molar refractivity (Wildman–Crippen MR) is 73.7 cm³/mol. The third-order valence-electron chi connectivity index (χ3n) is 3.45. The summed E-state index contributed by atoms with van der Waals surface area (Å²) >= 11 is 0. The van der Waals surface area contributed by atoms with Crippen molar-refractivity contribution in [3.05, 3.63) is 0 Å². The lowest BCUT2D eigenvalue weighted by molar-refractivity contribution is 0.0517. The second kappa shape index (κ2) is 6.98. The van der Waals surface area contributed by atoms with Crippen LogP contribution in [0.2, 0.25) is 0 Å². The van der Waals surface area contributed by atoms with E-state index in [9.17, 15) is 4.79 Å². The van der Waals surface area contributed by atoms with Gasteiger partial charge in [0, 0.05) is 12.6 Å². The summed E-state index contributed by atoms with van der Waals surface area (Å²) in [5, 5.41) is 6.18. The van der Waals surface area contributed by atoms with E-state index in [2.05, 4.69) is 10.6 Å². The van der Waals surface area contributed by atoms with Crippen LogP contribution in [0, 0.1) is 5.92 Å². The topological polar surface area (TPSA) is 50.4 Å². The molecule has 1 rings (SSSR count). The quantitative estimate of drug-likeness (QED) is 0.813. The molecule has 0 aromatic rings. The maximum absolute atomic E-state index is 11.6. The van der Waals surface area contributed by atoms with Crippen molar-refractivity contribution in [2.75, 3.05) is 13.6 Å². The summed E-state index contributed by atoms with van der Waals surface area (Å²) in [6, 6.07) is 0.359. The molecular weight excluding hydrogens is 228 g/mol. The lowest BCUT2D eigenvalue weighted by Crippen LogP contribution is -2.45. The smallest absolute Gasteiger partial charge is 0.407 e. The summed E-state index contributed by atoms with van der Waals surface area (Å²) in [5.41, 5.74) is -0.427. The molecule has 0 aromatic heterocycles. The molecule has 0 aromatic carbocycles. The van der Waals surface area contributed by atoms with E-state index in [1.54, 1.807) is 0 Å². The number of carbonyl (C=O) groups is 1. The molecule has 1 fully saturated rings. The molecule has 1 aliphatic rings. The summed E-state index contributed by atoms with van der Waals surface area (Å²) in [6.07, 6.45) is 6.19. The van der Waals surface area contributed by atoms with Gasteiger partial charge in [-0.15, -0.1) is 0 Å². The van der Waals surface area contributed by atoms with E-state index in [0.29, 0.717) is 18.5 Å². The van der Waals surface area contributed by atoms with E-state index in [-0.39, 0.29) is 6.09 Å². The highest BCUT2D eigenvalue weighted by molar-refractivity contribution is 5.67. The van der Waals surface area contributed by atoms with Crippen molar-refractivity contribution in [2.45, 2.75) is 64.5 Å². The van der Waals surface area contributed by atoms with Crippen molar-refractivity contribution in [3.63, 3.8) is 0 Å². The third-order valence-corrected chi connectivity index (χ3v) is 3.45. The van der Waals surface area contributed by atoms with Crippen molar-refractivity contribution in [1.82, 2.24) is 10.6 Å². The fourth-order valence-corrected chi connectivity index (χ4v) is 2.55. The van der Waals surface area contributed by atoms with Crippen molar-refractivity contribution in [3.8, 4) is 0 Å². The van der Waals surface area contributed by atoms with E-state index >= 15 is 0 Å². The summed E-state index contributed by atoms with van der Waals surface area (Å²) in [7, 11) is 1.97. The molecule has 4 heteroatoms. The standard InChI is InChI=1S/C14H28N2O2/c1-14(2,3)18-13(17)16-10-12(15-4)11-8-6-5-7-9-11/h11-12,15H,5-10H2,1-4H3,(H,16,17). The fraction of sp³-hybridized carbons (Fsp3) is 0.929. The molecule has 0 aliphatic heterocycles. The van der Waals surface area contributed by atoms with Gasteiger partial charge >= 0.3 is 6.09 Å². The van der Waals surface area contributed by atoms with Gasteiger partial charge in [0.2, 0.25) is 0 Å². The Morgan fingerprint density at radius 1 is 1.28 bits per heavy atom. The third kappa shape index (κ3) is 5.71. The largest absolute Gasteiger partial charge is 0.444 e. The van der Waals surface area contributed by atoms with Crippen LogP contribution in [-0.2, 0) is 4.74 Å². The molecule has 1 aliphatic carbocycles. The number of hydrogen-bond donors (Lipinski definition) is 2. The zero-order valence-corrected chi connectivity index (χ0v) is 12.2. The second-order valence-electron chi connectivity index (χ2n) is 6.18. The van der Waals surface area contributed by atoms with Gasteiger partial charge in [-0.05, 0) is 46.6 Å². The number of rotatable bonds is 4. The van der Waals surface area contributed by atoms with Crippen LogP contribution in [0.4, 0.5) is 4.79 Å². The number of carbonyl (C=O) groups excluding carboxylic acids is 1. The van der Waals surface area contributed by atoms with E-state index in [1.165, 1.54) is 32.1 Å². The Hall–Kier alpha value is -0.770. The van der Waals surface area contributed by atoms with Crippen LogP contribution in [0.5, 0.6) is 0 Å². The summed E-state index contributed by atoms with van der Waals surface area (Å²) in [6.45, 7) is 6.28. The van der Waals surface area contributed by atoms with Gasteiger partial charge in [-0.25, -0.2) is 4.79 Å². The number of ether oxygens (including phenoxy) is 1. The van der Waals surface area contributed by atoms with Gasteiger partial charge in [-0.1, -0.05) is 19.3 Å². The van der Waals surface area contributed by atoms with Gasteiger partial charge in [-0.2, -0.15) is 0 Å². The normalized spacial score (nSPS) is 19.3. The first-order valence-corrected chi connectivity index (χ1v) is 7.06. The first-order chi connectivity index (χ1) is 8.42. The van der Waals surface area contributed by atoms with E-state index in [0.717, 1.165) is 0 Å². The van der Waals surface area contributed by atoms with Crippen molar-refractivity contribution in [1.29, 1.82) is 0 Å². The van der Waals surface area contributed by atoms with Crippen molar-refractivity contribution < 1.29 is 9.53 Å². The minimum Gasteiger partial charge on any atom is -0.444 e. The fourth-order valence-electron chi connectivity index (χ4n) is 2.55. The Bertz CT molecular complexity index is 255. The van der Waals surface area contributed by atoms with Crippen molar-refractivity contribution >= 4 is 6.09 Å². The molecule has 0 radical (unpaired) electrons. The van der Waals surface area contributed by atoms with Crippen LogP contribution < -0.4 is 10.6 Å². The monoisotopic (exact) mass is 256 g/mol. The van der Waals surface area contributed by atoms with Crippen LogP contribution >= 0.6 is 0 Å². The number of amides is 1. The Morgan fingerprint density at radius 3 is 2.39 bits per heavy atom. The highest BCUT2D eigenvalue weighted by Crippen LogP contribution is 2.26. The zero-order valence-electron chi connectivity index (χ0n) is 12.2. The van der Waals surface area contributed by atoms with Gasteiger partial charge in [-0.3, -0.25) is 0 Å². The Labute approximate surface area is 111 Å². The highest BCUT2D eigenvalue weighted by atomic mass is 16.6. The SMILES string of the molecule is CNC(CNC(=O)OC(C)(C)C)C1CCCCC1. The molecule has 106 valence electrons. The average molecular weight is 256 g/mol. The molecule has 0 heterocycles. The van der Waals surface area contributed by atoms with E-state index < -0.39 is 5.60 Å². The second-order valence-corrected chi connectivity index (χ2v) is 6.18. The van der Waals surface area contributed by atoms with Gasteiger partial charge in [0.05, 0.1) is 0 Å². The molecule has 1 saturated carbocycles. The highest BCUT2D eigenvalue weighted by Gasteiger charge is 2.23. The molecule has 1 amide bonds. The van der Waals surface area contributed by atoms with Crippen LogP contribution in [0.3, 0.4) is 0 Å². The van der Waals surface area contributed by atoms with Crippen LogP contribution in [-0.4, -0.2) is 31.3 Å². The van der Waals surface area contributed by atoms with Gasteiger partial charge < -0.3 is 15.4 Å². The molecule has 1 unspecified atom stereocenters. The summed E-state index contributed by atoms with van der Waals surface area (Å²) < 4.78 is 5.24. The lowest BCUT2D eigenvalue weighted by Gasteiger charge is -2.30. The molecule has 0 spiro atoms. The van der Waals surface area contributed by atoms with Crippen molar-refractivity contribution in [2.24, 2.45) is 5.92 Å². The first kappa shape index (κ1) is 15.3. The zero-order chi connectivity index (χ0) is 13.6. The number of alkyl carbamates (subject to hydrolysis) is 1. The Morgan fingerprint density at radius 2 is 1.89 bits per heavy atom. The average Bonchev–Trinajstić information content (AvgIpc) is 2.29. The molecule has 0 bridgehead atoms. The van der Waals surface area contributed by atoms with Crippen LogP contribution in [0.15, 0.2) is 0 Å². The Balaban J connectivity index is 2.32. The van der Waals surface area contributed by atoms with Crippen LogP contribution in [0.1, 0.15) is 52.9 Å². The van der Waals surface area contributed by atoms with Gasteiger partial charge in [0.1, 0.15) is 5.60 Å². The summed E-state index contributed by atoms with van der Waals surface area (Å²) in [4.78, 5) is 11.6. The minimum atomic E-state index is -0.427. The predicted octanol–water partition coefficient (Wildman–Crippen LogP) is 2.68. The first-order valence-electron chi connectivity index (χ1n) is 7.06. The lowest BCUT2D eigenvalue weighted by atomic mass is 9.84. The number of likely N-dealkylation sites (N-methyl/N-ethyl adjacent to an activating group) is 1. The van der Waals surface area contributed by atoms with E-state index in [4.69, 9.17) is 4.74 Å². The minimum absolute atomic E-state index is 0.321. The number of nitrogens with one attached hydrogen (secondary N) is 2. The molecule has 4 nitrogen and oxygen atoms in total. The van der Waals surface area contributed by atoms with E-state index in [1.807, 2.05) is 27.8 Å². The molecule has 18 heavy (non-hydrogen) atoms. The maximum atomic E-state index is 11.6. The Kier molecular flexibility index (Phi) is 5.93. The van der Waals surface area contributed by atoms with Gasteiger partial charge in [0.15, 0.2) is 0 Å².